The molecule has 0 saturated heterocycles. The maximum Gasteiger partial charge on any atom is 0.243 e. The van der Waals surface area contributed by atoms with Gasteiger partial charge in [-0.05, 0) is 23.8 Å². The van der Waals surface area contributed by atoms with E-state index in [4.69, 9.17) is 9.52 Å². The average molecular weight is 285 g/mol. The Hall–Kier alpha value is -1.70. The minimum atomic E-state index is -3.98. The van der Waals surface area contributed by atoms with Gasteiger partial charge in [-0.3, -0.25) is 0 Å². The molecule has 0 fully saturated rings. The second-order valence-electron chi connectivity index (χ2n) is 3.88. The molecule has 102 valence electrons. The van der Waals surface area contributed by atoms with Crippen molar-refractivity contribution in [1.29, 1.82) is 0 Å². The fourth-order valence-corrected chi connectivity index (χ4v) is 2.64. The van der Waals surface area contributed by atoms with E-state index in [0.717, 1.165) is 12.1 Å². The molecule has 0 aliphatic heterocycles. The number of halogens is 1. The Balaban J connectivity index is 2.23. The van der Waals surface area contributed by atoms with E-state index in [0.29, 0.717) is 11.1 Å². The summed E-state index contributed by atoms with van der Waals surface area (Å²) in [7, 11) is -3.98. The lowest BCUT2D eigenvalue weighted by molar-refractivity contribution is 0.281. The molecular weight excluding hydrogens is 273 g/mol. The van der Waals surface area contributed by atoms with Crippen molar-refractivity contribution in [2.75, 3.05) is 0 Å². The summed E-state index contributed by atoms with van der Waals surface area (Å²) in [4.78, 5) is -0.484. The molecule has 0 aliphatic carbocycles. The van der Waals surface area contributed by atoms with Crippen molar-refractivity contribution >= 4 is 10.0 Å². The summed E-state index contributed by atoms with van der Waals surface area (Å²) in [5.74, 6) is -0.864. The standard InChI is InChI=1S/C12H12FNO4S/c13-11-2-1-9(7-15)5-12(11)19(16,17)14-6-10-3-4-18-8-10/h1-5,8,14-15H,6-7H2. The number of nitrogens with one attached hydrogen (secondary N) is 1. The first-order valence-electron chi connectivity index (χ1n) is 5.43. The fourth-order valence-electron chi connectivity index (χ4n) is 1.50. The second kappa shape index (κ2) is 5.52. The third kappa shape index (κ3) is 3.19. The minimum absolute atomic E-state index is 0.00161. The monoisotopic (exact) mass is 285 g/mol. The summed E-state index contributed by atoms with van der Waals surface area (Å²) in [6.45, 7) is -0.355. The first-order valence-corrected chi connectivity index (χ1v) is 6.91. The topological polar surface area (TPSA) is 79.5 Å². The molecule has 0 radical (unpaired) electrons. The summed E-state index contributed by atoms with van der Waals surface area (Å²) >= 11 is 0. The number of sulfonamides is 1. The van der Waals surface area contributed by atoms with Gasteiger partial charge in [0.25, 0.3) is 0 Å². The lowest BCUT2D eigenvalue weighted by atomic mass is 10.2. The predicted molar refractivity (Wildman–Crippen MR) is 65.1 cm³/mol. The van der Waals surface area contributed by atoms with Crippen molar-refractivity contribution in [1.82, 2.24) is 4.72 Å². The summed E-state index contributed by atoms with van der Waals surface area (Å²) in [5, 5.41) is 8.95. The maximum absolute atomic E-state index is 13.5. The van der Waals surface area contributed by atoms with Gasteiger partial charge in [0.15, 0.2) is 0 Å². The van der Waals surface area contributed by atoms with E-state index in [1.807, 2.05) is 0 Å². The molecule has 0 saturated carbocycles. The van der Waals surface area contributed by atoms with E-state index in [2.05, 4.69) is 4.72 Å². The number of hydrogen-bond acceptors (Lipinski definition) is 4. The van der Waals surface area contributed by atoms with Crippen LogP contribution in [0.1, 0.15) is 11.1 Å². The van der Waals surface area contributed by atoms with Gasteiger partial charge in [-0.1, -0.05) is 6.07 Å². The van der Waals surface area contributed by atoms with Crippen LogP contribution < -0.4 is 4.72 Å². The van der Waals surface area contributed by atoms with Crippen LogP contribution in [0.3, 0.4) is 0 Å². The Morgan fingerprint density at radius 3 is 2.68 bits per heavy atom. The zero-order valence-corrected chi connectivity index (χ0v) is 10.7. The molecule has 2 aromatic rings. The van der Waals surface area contributed by atoms with Crippen LogP contribution in [0.25, 0.3) is 0 Å². The summed E-state index contributed by atoms with van der Waals surface area (Å²) in [6, 6.07) is 5.04. The van der Waals surface area contributed by atoms with Crippen LogP contribution in [-0.4, -0.2) is 13.5 Å². The third-order valence-corrected chi connectivity index (χ3v) is 3.93. The smallest absolute Gasteiger partial charge is 0.243 e. The summed E-state index contributed by atoms with van der Waals surface area (Å²) in [6.07, 6.45) is 2.81. The number of aliphatic hydroxyl groups is 1. The molecule has 2 N–H and O–H groups in total. The largest absolute Gasteiger partial charge is 0.472 e. The molecule has 1 aromatic carbocycles. The van der Waals surface area contributed by atoms with Gasteiger partial charge in [-0.15, -0.1) is 0 Å². The van der Waals surface area contributed by atoms with Crippen LogP contribution in [-0.2, 0) is 23.2 Å². The molecule has 1 aromatic heterocycles. The third-order valence-electron chi connectivity index (χ3n) is 2.51. The molecule has 0 atom stereocenters. The quantitative estimate of drug-likeness (QED) is 0.870. The SMILES string of the molecule is O=S(=O)(NCc1ccoc1)c1cc(CO)ccc1F. The number of rotatable bonds is 5. The first kappa shape index (κ1) is 13.7. The zero-order valence-electron chi connectivity index (χ0n) is 9.84. The van der Waals surface area contributed by atoms with Gasteiger partial charge in [-0.2, -0.15) is 0 Å². The van der Waals surface area contributed by atoms with Crippen LogP contribution in [0.15, 0.2) is 46.1 Å². The Bertz CT molecular complexity index is 652. The Morgan fingerprint density at radius 1 is 1.26 bits per heavy atom. The van der Waals surface area contributed by atoms with Crippen LogP contribution >= 0.6 is 0 Å². The Labute approximate surface area is 109 Å². The van der Waals surface area contributed by atoms with Gasteiger partial charge in [0.05, 0.1) is 19.1 Å². The zero-order chi connectivity index (χ0) is 13.9. The predicted octanol–water partition coefficient (Wildman–Crippen LogP) is 1.39. The molecule has 0 amide bonds. The van der Waals surface area contributed by atoms with Crippen molar-refractivity contribution in [3.8, 4) is 0 Å². The van der Waals surface area contributed by atoms with Crippen LogP contribution in [0.4, 0.5) is 4.39 Å². The highest BCUT2D eigenvalue weighted by atomic mass is 32.2. The van der Waals surface area contributed by atoms with Gasteiger partial charge in [-0.25, -0.2) is 17.5 Å². The van der Waals surface area contributed by atoms with Gasteiger partial charge in [0.2, 0.25) is 10.0 Å². The molecule has 0 aliphatic rings. The highest BCUT2D eigenvalue weighted by Gasteiger charge is 2.19. The first-order chi connectivity index (χ1) is 9.03. The Kier molecular flexibility index (Phi) is 3.98. The maximum atomic E-state index is 13.5. The Morgan fingerprint density at radius 2 is 2.05 bits per heavy atom. The van der Waals surface area contributed by atoms with Gasteiger partial charge >= 0.3 is 0 Å². The minimum Gasteiger partial charge on any atom is -0.472 e. The normalized spacial score (nSPS) is 11.7. The van der Waals surface area contributed by atoms with Crippen molar-refractivity contribution in [3.05, 3.63) is 53.7 Å². The van der Waals surface area contributed by atoms with E-state index < -0.39 is 20.7 Å². The van der Waals surface area contributed by atoms with E-state index in [1.54, 1.807) is 6.07 Å². The lowest BCUT2D eigenvalue weighted by Crippen LogP contribution is -2.24. The molecule has 0 spiro atoms. The molecule has 0 bridgehead atoms. The number of aliphatic hydroxyl groups excluding tert-OH is 1. The second-order valence-corrected chi connectivity index (χ2v) is 5.61. The highest BCUT2D eigenvalue weighted by molar-refractivity contribution is 7.89. The van der Waals surface area contributed by atoms with Gasteiger partial charge < -0.3 is 9.52 Å². The molecule has 0 unspecified atom stereocenters. The van der Waals surface area contributed by atoms with Crippen LogP contribution in [0.2, 0.25) is 0 Å². The number of furan rings is 1. The fraction of sp³-hybridized carbons (Fsp3) is 0.167. The highest BCUT2D eigenvalue weighted by Crippen LogP contribution is 2.17. The van der Waals surface area contributed by atoms with Crippen LogP contribution in [0, 0.1) is 5.82 Å². The van der Waals surface area contributed by atoms with Gasteiger partial charge in [0, 0.05) is 12.1 Å². The molecule has 19 heavy (non-hydrogen) atoms. The van der Waals surface area contributed by atoms with E-state index in [-0.39, 0.29) is 13.2 Å². The number of benzene rings is 1. The summed E-state index contributed by atoms with van der Waals surface area (Å²) in [5.41, 5.74) is 0.951. The molecule has 5 nitrogen and oxygen atoms in total. The van der Waals surface area contributed by atoms with Crippen molar-refractivity contribution in [3.63, 3.8) is 0 Å². The summed E-state index contributed by atoms with van der Waals surface area (Å²) < 4.78 is 44.5. The molecule has 1 heterocycles. The molecule has 7 heteroatoms. The molecular formula is C12H12FNO4S. The lowest BCUT2D eigenvalue weighted by Gasteiger charge is -2.08. The van der Waals surface area contributed by atoms with Crippen molar-refractivity contribution in [2.24, 2.45) is 0 Å². The van der Waals surface area contributed by atoms with Crippen molar-refractivity contribution < 1.29 is 22.3 Å². The van der Waals surface area contributed by atoms with E-state index >= 15 is 0 Å². The van der Waals surface area contributed by atoms with Crippen molar-refractivity contribution in [2.45, 2.75) is 18.0 Å². The van der Waals surface area contributed by atoms with E-state index in [9.17, 15) is 12.8 Å². The van der Waals surface area contributed by atoms with Gasteiger partial charge in [0.1, 0.15) is 10.7 Å². The number of hydrogen-bond donors (Lipinski definition) is 2. The van der Waals surface area contributed by atoms with Crippen LogP contribution in [0.5, 0.6) is 0 Å². The van der Waals surface area contributed by atoms with E-state index in [1.165, 1.54) is 18.6 Å². The average Bonchev–Trinajstić information content (AvgIpc) is 2.90. The molecule has 2 rings (SSSR count).